The minimum absolute atomic E-state index is 0.126. The molecule has 8 heteroatoms. The van der Waals surface area contributed by atoms with Crippen LogP contribution in [0.25, 0.3) is 0 Å². The highest BCUT2D eigenvalue weighted by molar-refractivity contribution is 7.98. The Morgan fingerprint density at radius 2 is 2.24 bits per heavy atom. The number of carboxylic acids is 1. The number of sulfonamides is 1. The zero-order valence-corrected chi connectivity index (χ0v) is 11.9. The first-order chi connectivity index (χ1) is 7.91. The van der Waals surface area contributed by atoms with Gasteiger partial charge in [-0.2, -0.15) is 11.8 Å². The van der Waals surface area contributed by atoms with Gasteiger partial charge in [-0.05, 0) is 17.7 Å². The standard InChI is InChI=1S/C9H13NO4S3/c1-10(4-6-15-2)17(13,14)7-3-5-16-8(7)9(11)12/h3,5H,4,6H2,1-2H3,(H,11,12). The summed E-state index contributed by atoms with van der Waals surface area (Å²) in [6, 6.07) is 1.33. The van der Waals surface area contributed by atoms with Gasteiger partial charge in [0.25, 0.3) is 0 Å². The predicted octanol–water partition coefficient (Wildman–Crippen LogP) is 1.43. The summed E-state index contributed by atoms with van der Waals surface area (Å²) in [5.41, 5.74) is 0. The molecule has 96 valence electrons. The molecule has 0 fully saturated rings. The molecule has 0 unspecified atom stereocenters. The van der Waals surface area contributed by atoms with Crippen molar-refractivity contribution >= 4 is 39.1 Å². The second-order valence-corrected chi connectivity index (χ2v) is 7.15. The smallest absolute Gasteiger partial charge is 0.347 e. The van der Waals surface area contributed by atoms with Crippen LogP contribution in [0.4, 0.5) is 0 Å². The monoisotopic (exact) mass is 295 g/mol. The van der Waals surface area contributed by atoms with Crippen molar-refractivity contribution < 1.29 is 18.3 Å². The van der Waals surface area contributed by atoms with E-state index in [4.69, 9.17) is 5.11 Å². The fourth-order valence-electron chi connectivity index (χ4n) is 1.16. The molecular weight excluding hydrogens is 282 g/mol. The second kappa shape index (κ2) is 5.85. The van der Waals surface area contributed by atoms with E-state index < -0.39 is 16.0 Å². The van der Waals surface area contributed by atoms with Crippen molar-refractivity contribution in [1.29, 1.82) is 0 Å². The summed E-state index contributed by atoms with van der Waals surface area (Å²) < 4.78 is 25.3. The SMILES string of the molecule is CSCCN(C)S(=O)(=O)c1ccsc1C(=O)O. The fraction of sp³-hybridized carbons (Fsp3) is 0.444. The molecule has 0 saturated heterocycles. The molecule has 1 heterocycles. The van der Waals surface area contributed by atoms with Crippen LogP contribution in [0.2, 0.25) is 0 Å². The minimum Gasteiger partial charge on any atom is -0.477 e. The van der Waals surface area contributed by atoms with Crippen LogP contribution in [0.1, 0.15) is 9.67 Å². The summed E-state index contributed by atoms with van der Waals surface area (Å²) in [6.07, 6.45) is 1.88. The van der Waals surface area contributed by atoms with E-state index in [1.165, 1.54) is 34.6 Å². The minimum atomic E-state index is -3.69. The van der Waals surface area contributed by atoms with Crippen LogP contribution in [-0.2, 0) is 10.0 Å². The van der Waals surface area contributed by atoms with Gasteiger partial charge in [-0.3, -0.25) is 0 Å². The number of thioether (sulfide) groups is 1. The first kappa shape index (κ1) is 14.5. The van der Waals surface area contributed by atoms with Crippen LogP contribution >= 0.6 is 23.1 Å². The molecule has 0 amide bonds. The van der Waals surface area contributed by atoms with Gasteiger partial charge >= 0.3 is 5.97 Å². The Kier molecular flexibility index (Phi) is 4.99. The van der Waals surface area contributed by atoms with Crippen molar-refractivity contribution in [1.82, 2.24) is 4.31 Å². The summed E-state index contributed by atoms with van der Waals surface area (Å²) in [4.78, 5) is 10.6. The third-order valence-electron chi connectivity index (χ3n) is 2.12. The summed E-state index contributed by atoms with van der Waals surface area (Å²) in [7, 11) is -2.24. The van der Waals surface area contributed by atoms with Crippen LogP contribution < -0.4 is 0 Å². The van der Waals surface area contributed by atoms with Crippen molar-refractivity contribution in [2.24, 2.45) is 0 Å². The number of hydrogen-bond acceptors (Lipinski definition) is 5. The molecular formula is C9H13NO4S3. The first-order valence-electron chi connectivity index (χ1n) is 4.67. The zero-order valence-electron chi connectivity index (χ0n) is 9.41. The van der Waals surface area contributed by atoms with Gasteiger partial charge in [0, 0.05) is 19.3 Å². The Morgan fingerprint density at radius 1 is 1.59 bits per heavy atom. The summed E-state index contributed by atoms with van der Waals surface area (Å²) in [6.45, 7) is 0.360. The van der Waals surface area contributed by atoms with E-state index >= 15 is 0 Å². The Hall–Kier alpha value is -0.570. The number of rotatable bonds is 6. The van der Waals surface area contributed by atoms with Gasteiger partial charge in [0.05, 0.1) is 0 Å². The lowest BCUT2D eigenvalue weighted by molar-refractivity contribution is 0.0698. The van der Waals surface area contributed by atoms with Gasteiger partial charge in [0.15, 0.2) is 0 Å². The summed E-state index contributed by atoms with van der Waals surface area (Å²) in [5.74, 6) is -0.542. The van der Waals surface area contributed by atoms with Crippen LogP contribution in [0.15, 0.2) is 16.3 Å². The zero-order chi connectivity index (χ0) is 13.1. The molecule has 0 aliphatic carbocycles. The molecule has 0 saturated carbocycles. The van der Waals surface area contributed by atoms with Crippen molar-refractivity contribution in [2.75, 3.05) is 25.6 Å². The van der Waals surface area contributed by atoms with E-state index in [0.717, 1.165) is 11.3 Å². The quantitative estimate of drug-likeness (QED) is 0.859. The van der Waals surface area contributed by atoms with Crippen molar-refractivity contribution in [2.45, 2.75) is 4.90 Å². The molecule has 1 N–H and O–H groups in total. The van der Waals surface area contributed by atoms with E-state index in [0.29, 0.717) is 12.3 Å². The average molecular weight is 295 g/mol. The molecule has 0 spiro atoms. The average Bonchev–Trinajstić information content (AvgIpc) is 2.75. The van der Waals surface area contributed by atoms with Gasteiger partial charge < -0.3 is 5.11 Å². The summed E-state index contributed by atoms with van der Waals surface area (Å²) in [5, 5.41) is 10.4. The lowest BCUT2D eigenvalue weighted by Crippen LogP contribution is -2.29. The number of aromatic carboxylic acids is 1. The molecule has 1 aromatic heterocycles. The van der Waals surface area contributed by atoms with E-state index in [-0.39, 0.29) is 9.77 Å². The molecule has 0 bridgehead atoms. The first-order valence-corrected chi connectivity index (χ1v) is 8.38. The Bertz CT molecular complexity index is 494. The highest BCUT2D eigenvalue weighted by Gasteiger charge is 2.27. The molecule has 0 radical (unpaired) electrons. The predicted molar refractivity (Wildman–Crippen MR) is 69.5 cm³/mol. The van der Waals surface area contributed by atoms with E-state index in [2.05, 4.69) is 0 Å². The largest absolute Gasteiger partial charge is 0.477 e. The lowest BCUT2D eigenvalue weighted by atomic mass is 10.5. The maximum Gasteiger partial charge on any atom is 0.347 e. The lowest BCUT2D eigenvalue weighted by Gasteiger charge is -2.16. The molecule has 1 aromatic rings. The van der Waals surface area contributed by atoms with Gasteiger partial charge in [-0.15, -0.1) is 11.3 Å². The van der Waals surface area contributed by atoms with Crippen LogP contribution in [-0.4, -0.2) is 49.4 Å². The van der Waals surface area contributed by atoms with Crippen molar-refractivity contribution in [3.63, 3.8) is 0 Å². The molecule has 1 rings (SSSR count). The van der Waals surface area contributed by atoms with Crippen LogP contribution in [0.5, 0.6) is 0 Å². The van der Waals surface area contributed by atoms with E-state index in [1.54, 1.807) is 0 Å². The normalized spacial score (nSPS) is 11.9. The molecule has 0 atom stereocenters. The second-order valence-electron chi connectivity index (χ2n) is 3.24. The van der Waals surface area contributed by atoms with E-state index in [1.807, 2.05) is 6.26 Å². The van der Waals surface area contributed by atoms with Gasteiger partial charge in [0.1, 0.15) is 9.77 Å². The highest BCUT2D eigenvalue weighted by Crippen LogP contribution is 2.24. The van der Waals surface area contributed by atoms with Gasteiger partial charge in [0.2, 0.25) is 10.0 Å². The molecule has 0 aliphatic heterocycles. The third kappa shape index (κ3) is 3.21. The molecule has 0 aromatic carbocycles. The number of hydrogen-bond donors (Lipinski definition) is 1. The highest BCUT2D eigenvalue weighted by atomic mass is 32.2. The summed E-state index contributed by atoms with van der Waals surface area (Å²) >= 11 is 2.45. The fourth-order valence-corrected chi connectivity index (χ4v) is 4.14. The topological polar surface area (TPSA) is 74.7 Å². The van der Waals surface area contributed by atoms with Crippen molar-refractivity contribution in [3.05, 3.63) is 16.3 Å². The molecule has 5 nitrogen and oxygen atoms in total. The number of nitrogens with zero attached hydrogens (tertiary/aromatic N) is 1. The Labute approximate surface area is 108 Å². The van der Waals surface area contributed by atoms with Crippen LogP contribution in [0.3, 0.4) is 0 Å². The van der Waals surface area contributed by atoms with E-state index in [9.17, 15) is 13.2 Å². The number of carboxylic acid groups (broad SMARTS) is 1. The Balaban J connectivity index is 3.04. The third-order valence-corrected chi connectivity index (χ3v) is 5.64. The number of carbonyl (C=O) groups is 1. The number of thiophene rings is 1. The maximum atomic E-state index is 12.1. The molecule has 17 heavy (non-hydrogen) atoms. The van der Waals surface area contributed by atoms with Gasteiger partial charge in [-0.25, -0.2) is 17.5 Å². The van der Waals surface area contributed by atoms with Crippen LogP contribution in [0, 0.1) is 0 Å². The maximum absolute atomic E-state index is 12.1. The van der Waals surface area contributed by atoms with Gasteiger partial charge in [-0.1, -0.05) is 0 Å². The Morgan fingerprint density at radius 3 is 2.76 bits per heavy atom. The molecule has 0 aliphatic rings. The van der Waals surface area contributed by atoms with Crippen molar-refractivity contribution in [3.8, 4) is 0 Å².